The van der Waals surface area contributed by atoms with Crippen LogP contribution in [0.15, 0.2) is 66.9 Å². The van der Waals surface area contributed by atoms with Crippen LogP contribution in [0.3, 0.4) is 0 Å². The van der Waals surface area contributed by atoms with Gasteiger partial charge in [0.25, 0.3) is 5.91 Å². The molecule has 2 N–H and O–H groups in total. The average molecular weight is 404 g/mol. The van der Waals surface area contributed by atoms with Gasteiger partial charge in [0, 0.05) is 35.8 Å². The first kappa shape index (κ1) is 19.9. The molecule has 0 saturated heterocycles. The maximum absolute atomic E-state index is 13.7. The van der Waals surface area contributed by atoms with Crippen LogP contribution in [0.2, 0.25) is 0 Å². The zero-order valence-electron chi connectivity index (χ0n) is 16.3. The lowest BCUT2D eigenvalue weighted by molar-refractivity contribution is 0.0687. The molecule has 0 saturated carbocycles. The van der Waals surface area contributed by atoms with Gasteiger partial charge >= 0.3 is 0 Å². The highest BCUT2D eigenvalue weighted by molar-refractivity contribution is 6.10. The van der Waals surface area contributed by atoms with Gasteiger partial charge in [-0.25, -0.2) is 4.39 Å². The number of amides is 1. The molecule has 0 radical (unpaired) electrons. The molecule has 4 aromatic rings. The predicted molar refractivity (Wildman–Crippen MR) is 115 cm³/mol. The predicted octanol–water partition coefficient (Wildman–Crippen LogP) is 3.62. The van der Waals surface area contributed by atoms with E-state index in [-0.39, 0.29) is 38.0 Å². The molecule has 0 aliphatic heterocycles. The van der Waals surface area contributed by atoms with Crippen LogP contribution in [0, 0.1) is 5.82 Å². The molecule has 0 unspecified atom stereocenters. The number of aliphatic hydroxyl groups excluding tert-OH is 2. The summed E-state index contributed by atoms with van der Waals surface area (Å²) in [7, 11) is 0. The molecule has 3 aromatic carbocycles. The van der Waals surface area contributed by atoms with Crippen molar-refractivity contribution in [3.8, 4) is 11.1 Å². The van der Waals surface area contributed by atoms with E-state index in [0.717, 1.165) is 21.9 Å². The molecule has 1 heterocycles. The molecule has 0 aliphatic rings. The number of carbonyl (C=O) groups is 1. The number of pyridine rings is 1. The number of hydrogen-bond acceptors (Lipinski definition) is 4. The van der Waals surface area contributed by atoms with Crippen LogP contribution in [0.5, 0.6) is 0 Å². The Balaban J connectivity index is 1.84. The lowest BCUT2D eigenvalue weighted by Gasteiger charge is -2.22. The zero-order chi connectivity index (χ0) is 21.1. The Labute approximate surface area is 173 Å². The number of aromatic nitrogens is 1. The minimum Gasteiger partial charge on any atom is -0.395 e. The van der Waals surface area contributed by atoms with Crippen molar-refractivity contribution in [3.05, 3.63) is 78.2 Å². The second-order valence-electron chi connectivity index (χ2n) is 7.01. The Bertz CT molecular complexity index is 1220. The van der Waals surface area contributed by atoms with Gasteiger partial charge in [-0.15, -0.1) is 0 Å². The number of halogens is 1. The monoisotopic (exact) mass is 404 g/mol. The summed E-state index contributed by atoms with van der Waals surface area (Å²) in [6, 6.07) is 17.5. The largest absolute Gasteiger partial charge is 0.395 e. The second-order valence-corrected chi connectivity index (χ2v) is 7.01. The van der Waals surface area contributed by atoms with Crippen molar-refractivity contribution in [3.63, 3.8) is 0 Å². The average Bonchev–Trinajstić information content (AvgIpc) is 2.77. The summed E-state index contributed by atoms with van der Waals surface area (Å²) in [5.41, 5.74) is 2.92. The summed E-state index contributed by atoms with van der Waals surface area (Å²) in [4.78, 5) is 18.9. The standard InChI is InChI=1S/C24H21FN2O3/c25-18-7-8-23-16(14-18)13-17(15-26-23)19-3-1-5-21-20(19)4-2-6-22(21)24(30)27(9-11-28)10-12-29/h1-8,13-15,28-29H,9-12H2. The van der Waals surface area contributed by atoms with Crippen LogP contribution in [0.25, 0.3) is 32.8 Å². The number of carbonyl (C=O) groups excluding carboxylic acids is 1. The minimum atomic E-state index is -0.319. The SMILES string of the molecule is O=C(c1cccc2c(-c3cnc4ccc(F)cc4c3)cccc12)N(CCO)CCO. The van der Waals surface area contributed by atoms with E-state index < -0.39 is 0 Å². The van der Waals surface area contributed by atoms with E-state index in [4.69, 9.17) is 0 Å². The first-order valence-electron chi connectivity index (χ1n) is 9.71. The lowest BCUT2D eigenvalue weighted by Crippen LogP contribution is -2.35. The molecule has 6 heteroatoms. The van der Waals surface area contributed by atoms with Crippen LogP contribution in [-0.2, 0) is 0 Å². The van der Waals surface area contributed by atoms with Gasteiger partial charge in [0.05, 0.1) is 18.7 Å². The third-order valence-electron chi connectivity index (χ3n) is 5.13. The van der Waals surface area contributed by atoms with E-state index >= 15 is 0 Å². The molecule has 0 aliphatic carbocycles. The number of nitrogens with zero attached hydrogens (tertiary/aromatic N) is 2. The first-order valence-corrected chi connectivity index (χ1v) is 9.71. The van der Waals surface area contributed by atoms with E-state index in [1.165, 1.54) is 17.0 Å². The molecule has 5 nitrogen and oxygen atoms in total. The molecule has 1 aromatic heterocycles. The summed E-state index contributed by atoms with van der Waals surface area (Å²) < 4.78 is 13.7. The Morgan fingerprint density at radius 3 is 2.43 bits per heavy atom. The molecule has 4 rings (SSSR count). The Morgan fingerprint density at radius 1 is 0.933 bits per heavy atom. The molecule has 1 amide bonds. The minimum absolute atomic E-state index is 0.148. The van der Waals surface area contributed by atoms with Crippen LogP contribution in [-0.4, -0.2) is 52.3 Å². The molecule has 0 atom stereocenters. The number of aliphatic hydroxyl groups is 2. The third kappa shape index (κ3) is 3.75. The fraction of sp³-hybridized carbons (Fsp3) is 0.167. The zero-order valence-corrected chi connectivity index (χ0v) is 16.3. The second kappa shape index (κ2) is 8.57. The number of hydrogen-bond donors (Lipinski definition) is 2. The van der Waals surface area contributed by atoms with E-state index in [1.807, 2.05) is 36.4 Å². The number of fused-ring (bicyclic) bond motifs is 2. The maximum atomic E-state index is 13.7. The molecule has 152 valence electrons. The molecular formula is C24H21FN2O3. The fourth-order valence-electron chi connectivity index (χ4n) is 3.72. The van der Waals surface area contributed by atoms with Gasteiger partial charge in [-0.2, -0.15) is 0 Å². The first-order chi connectivity index (χ1) is 14.6. The number of rotatable bonds is 6. The smallest absolute Gasteiger partial charge is 0.254 e. The summed E-state index contributed by atoms with van der Waals surface area (Å²) in [5.74, 6) is -0.570. The molecule has 0 fully saturated rings. The van der Waals surface area contributed by atoms with Gasteiger partial charge in [0.1, 0.15) is 5.82 Å². The fourth-order valence-corrected chi connectivity index (χ4v) is 3.72. The van der Waals surface area contributed by atoms with Crippen LogP contribution < -0.4 is 0 Å². The molecular weight excluding hydrogens is 383 g/mol. The van der Waals surface area contributed by atoms with Crippen LogP contribution in [0.4, 0.5) is 4.39 Å². The van der Waals surface area contributed by atoms with Crippen LogP contribution >= 0.6 is 0 Å². The van der Waals surface area contributed by atoms with Crippen molar-refractivity contribution in [2.75, 3.05) is 26.3 Å². The van der Waals surface area contributed by atoms with E-state index in [0.29, 0.717) is 16.5 Å². The topological polar surface area (TPSA) is 73.7 Å². The van der Waals surface area contributed by atoms with Gasteiger partial charge in [-0.3, -0.25) is 9.78 Å². The van der Waals surface area contributed by atoms with Gasteiger partial charge in [-0.05, 0) is 46.7 Å². The van der Waals surface area contributed by atoms with Gasteiger partial charge in [-0.1, -0.05) is 30.3 Å². The van der Waals surface area contributed by atoms with E-state index in [9.17, 15) is 19.4 Å². The van der Waals surface area contributed by atoms with Crippen molar-refractivity contribution in [2.45, 2.75) is 0 Å². The Kier molecular flexibility index (Phi) is 5.70. The van der Waals surface area contributed by atoms with Crippen molar-refractivity contribution >= 4 is 27.6 Å². The molecule has 0 spiro atoms. The lowest BCUT2D eigenvalue weighted by atomic mass is 9.95. The molecule has 0 bridgehead atoms. The summed E-state index contributed by atoms with van der Waals surface area (Å²) in [6.45, 7) is -0.0621. The summed E-state index contributed by atoms with van der Waals surface area (Å²) in [5, 5.41) is 20.9. The van der Waals surface area contributed by atoms with E-state index in [2.05, 4.69) is 4.98 Å². The maximum Gasteiger partial charge on any atom is 0.254 e. The summed E-state index contributed by atoms with van der Waals surface area (Å²) in [6.07, 6.45) is 1.74. The highest BCUT2D eigenvalue weighted by Gasteiger charge is 2.18. The van der Waals surface area contributed by atoms with Gasteiger partial charge in [0.2, 0.25) is 0 Å². The van der Waals surface area contributed by atoms with Crippen LogP contribution in [0.1, 0.15) is 10.4 Å². The normalized spacial score (nSPS) is 11.2. The third-order valence-corrected chi connectivity index (χ3v) is 5.13. The van der Waals surface area contributed by atoms with Crippen molar-refractivity contribution < 1.29 is 19.4 Å². The Morgan fingerprint density at radius 2 is 1.67 bits per heavy atom. The van der Waals surface area contributed by atoms with Crippen molar-refractivity contribution in [1.82, 2.24) is 9.88 Å². The quantitative estimate of drug-likeness (QED) is 0.515. The van der Waals surface area contributed by atoms with Crippen molar-refractivity contribution in [1.29, 1.82) is 0 Å². The molecule has 30 heavy (non-hydrogen) atoms. The summed E-state index contributed by atoms with van der Waals surface area (Å²) >= 11 is 0. The number of benzene rings is 3. The van der Waals surface area contributed by atoms with Crippen molar-refractivity contribution in [2.24, 2.45) is 0 Å². The van der Waals surface area contributed by atoms with Gasteiger partial charge < -0.3 is 15.1 Å². The Hall–Kier alpha value is -3.35. The highest BCUT2D eigenvalue weighted by Crippen LogP contribution is 2.32. The highest BCUT2D eigenvalue weighted by atomic mass is 19.1. The van der Waals surface area contributed by atoms with E-state index in [1.54, 1.807) is 18.3 Å². The van der Waals surface area contributed by atoms with Gasteiger partial charge in [0.15, 0.2) is 0 Å².